The maximum atomic E-state index is 11.4. The van der Waals surface area contributed by atoms with Crippen LogP contribution in [0.15, 0.2) is 0 Å². The lowest BCUT2D eigenvalue weighted by molar-refractivity contribution is -0.127. The minimum absolute atomic E-state index is 0.0668. The fourth-order valence-electron chi connectivity index (χ4n) is 1.14. The summed E-state index contributed by atoms with van der Waals surface area (Å²) < 4.78 is 9.88. The maximum Gasteiger partial charge on any atom is 0.246 e. The quantitative estimate of drug-likeness (QED) is 0.558. The minimum Gasteiger partial charge on any atom is -0.382 e. The van der Waals surface area contributed by atoms with Gasteiger partial charge in [-0.15, -0.1) is 0 Å². The Morgan fingerprint density at radius 3 is 2.60 bits per heavy atom. The fraction of sp³-hybridized carbons (Fsp3) is 0.900. The molecule has 0 radical (unpaired) electrons. The van der Waals surface area contributed by atoms with Crippen molar-refractivity contribution in [2.24, 2.45) is 5.73 Å². The number of hydrogen-bond donors (Lipinski definition) is 2. The summed E-state index contributed by atoms with van der Waals surface area (Å²) in [4.78, 5) is 11.4. The second-order valence-electron chi connectivity index (χ2n) is 4.02. The van der Waals surface area contributed by atoms with Gasteiger partial charge in [-0.25, -0.2) is 0 Å². The molecule has 0 aromatic rings. The van der Waals surface area contributed by atoms with Crippen LogP contribution in [0.25, 0.3) is 0 Å². The van der Waals surface area contributed by atoms with Crippen LogP contribution in [0.1, 0.15) is 20.3 Å². The van der Waals surface area contributed by atoms with E-state index in [1.807, 2.05) is 13.8 Å². The van der Waals surface area contributed by atoms with Gasteiger partial charge >= 0.3 is 0 Å². The van der Waals surface area contributed by atoms with Gasteiger partial charge < -0.3 is 20.5 Å². The van der Waals surface area contributed by atoms with E-state index in [0.717, 1.165) is 6.42 Å². The average Bonchev–Trinajstić information content (AvgIpc) is 2.11. The Morgan fingerprint density at radius 1 is 1.40 bits per heavy atom. The van der Waals surface area contributed by atoms with Gasteiger partial charge in [0.15, 0.2) is 0 Å². The summed E-state index contributed by atoms with van der Waals surface area (Å²) in [6.07, 6.45) is 0.747. The largest absolute Gasteiger partial charge is 0.382 e. The zero-order valence-corrected chi connectivity index (χ0v) is 9.84. The Hall–Kier alpha value is -0.650. The molecule has 90 valence electrons. The molecule has 5 nitrogen and oxygen atoms in total. The topological polar surface area (TPSA) is 73.6 Å². The number of amides is 1. The number of ether oxygens (including phenoxy) is 2. The monoisotopic (exact) mass is 218 g/mol. The predicted octanol–water partition coefficient (Wildman–Crippen LogP) is -0.107. The average molecular weight is 218 g/mol. The maximum absolute atomic E-state index is 11.4. The number of nitrogens with one attached hydrogen (secondary N) is 1. The Bertz CT molecular complexity index is 184. The molecule has 15 heavy (non-hydrogen) atoms. The highest BCUT2D eigenvalue weighted by Gasteiger charge is 2.18. The van der Waals surface area contributed by atoms with E-state index < -0.39 is 0 Å². The Morgan fingerprint density at radius 2 is 2.07 bits per heavy atom. The van der Waals surface area contributed by atoms with Crippen molar-refractivity contribution in [2.45, 2.75) is 25.8 Å². The highest BCUT2D eigenvalue weighted by Crippen LogP contribution is 2.05. The van der Waals surface area contributed by atoms with Crippen LogP contribution in [-0.2, 0) is 14.3 Å². The number of nitrogens with two attached hydrogens (primary N) is 1. The molecule has 0 aromatic heterocycles. The van der Waals surface area contributed by atoms with Crippen molar-refractivity contribution in [2.75, 3.05) is 33.5 Å². The molecule has 0 rings (SSSR count). The van der Waals surface area contributed by atoms with Gasteiger partial charge in [0.2, 0.25) is 5.91 Å². The standard InChI is InChI=1S/C10H22N2O3/c1-10(2,4-5-11)12-9(13)8-15-7-6-14-3/h4-8,11H2,1-3H3,(H,12,13). The fourth-order valence-corrected chi connectivity index (χ4v) is 1.14. The van der Waals surface area contributed by atoms with Crippen LogP contribution >= 0.6 is 0 Å². The molecular weight excluding hydrogens is 196 g/mol. The van der Waals surface area contributed by atoms with Gasteiger partial charge in [-0.05, 0) is 26.8 Å². The van der Waals surface area contributed by atoms with Gasteiger partial charge in [0, 0.05) is 12.6 Å². The molecular formula is C10H22N2O3. The molecule has 0 bridgehead atoms. The second kappa shape index (κ2) is 7.62. The minimum atomic E-state index is -0.267. The molecule has 0 spiro atoms. The number of carbonyl (C=O) groups excluding carboxylic acids is 1. The lowest BCUT2D eigenvalue weighted by atomic mass is 10.0. The third-order valence-electron chi connectivity index (χ3n) is 1.91. The third kappa shape index (κ3) is 8.35. The molecule has 0 aromatic carbocycles. The van der Waals surface area contributed by atoms with Crippen LogP contribution in [0.2, 0.25) is 0 Å². The molecule has 0 aliphatic carbocycles. The van der Waals surface area contributed by atoms with Gasteiger partial charge in [-0.1, -0.05) is 0 Å². The smallest absolute Gasteiger partial charge is 0.246 e. The van der Waals surface area contributed by atoms with Crippen molar-refractivity contribution >= 4 is 5.91 Å². The van der Waals surface area contributed by atoms with Crippen LogP contribution < -0.4 is 11.1 Å². The van der Waals surface area contributed by atoms with Gasteiger partial charge in [-0.2, -0.15) is 0 Å². The van der Waals surface area contributed by atoms with E-state index in [1.54, 1.807) is 7.11 Å². The molecule has 1 amide bonds. The van der Waals surface area contributed by atoms with Crippen LogP contribution in [0.4, 0.5) is 0 Å². The zero-order valence-electron chi connectivity index (χ0n) is 9.84. The first-order valence-electron chi connectivity index (χ1n) is 5.09. The second-order valence-corrected chi connectivity index (χ2v) is 4.02. The first kappa shape index (κ1) is 14.3. The Labute approximate surface area is 91.3 Å². The SMILES string of the molecule is COCCOCC(=O)NC(C)(C)CCN. The van der Waals surface area contributed by atoms with Gasteiger partial charge in [0.25, 0.3) is 0 Å². The van der Waals surface area contributed by atoms with Crippen molar-refractivity contribution in [1.29, 1.82) is 0 Å². The Kier molecular flexibility index (Phi) is 7.29. The number of hydrogen-bond acceptors (Lipinski definition) is 4. The molecule has 0 heterocycles. The van der Waals surface area contributed by atoms with Gasteiger partial charge in [0.1, 0.15) is 6.61 Å². The summed E-state index contributed by atoms with van der Waals surface area (Å²) >= 11 is 0. The van der Waals surface area contributed by atoms with E-state index in [1.165, 1.54) is 0 Å². The number of rotatable bonds is 8. The molecule has 0 aliphatic rings. The summed E-state index contributed by atoms with van der Waals surface area (Å²) in [6, 6.07) is 0. The van der Waals surface area contributed by atoms with Crippen LogP contribution in [0, 0.1) is 0 Å². The van der Waals surface area contributed by atoms with Gasteiger partial charge in [-0.3, -0.25) is 4.79 Å². The summed E-state index contributed by atoms with van der Waals surface area (Å²) in [5, 5.41) is 2.85. The van der Waals surface area contributed by atoms with Crippen LogP contribution in [0.3, 0.4) is 0 Å². The van der Waals surface area contributed by atoms with Crippen LogP contribution in [-0.4, -0.2) is 44.9 Å². The number of methoxy groups -OCH3 is 1. The highest BCUT2D eigenvalue weighted by atomic mass is 16.5. The predicted molar refractivity (Wildman–Crippen MR) is 58.6 cm³/mol. The van der Waals surface area contributed by atoms with Crippen molar-refractivity contribution in [1.82, 2.24) is 5.32 Å². The molecule has 0 aliphatic heterocycles. The van der Waals surface area contributed by atoms with Crippen molar-refractivity contribution in [3.8, 4) is 0 Å². The van der Waals surface area contributed by atoms with E-state index in [0.29, 0.717) is 19.8 Å². The molecule has 0 saturated heterocycles. The van der Waals surface area contributed by atoms with E-state index in [2.05, 4.69) is 5.32 Å². The molecule has 3 N–H and O–H groups in total. The summed E-state index contributed by atoms with van der Waals surface area (Å²) in [5.41, 5.74) is 5.16. The van der Waals surface area contributed by atoms with E-state index in [-0.39, 0.29) is 18.1 Å². The summed E-state index contributed by atoms with van der Waals surface area (Å²) in [7, 11) is 1.59. The van der Waals surface area contributed by atoms with Crippen molar-refractivity contribution in [3.63, 3.8) is 0 Å². The molecule has 0 saturated carbocycles. The zero-order chi connectivity index (χ0) is 11.7. The van der Waals surface area contributed by atoms with Gasteiger partial charge in [0.05, 0.1) is 13.2 Å². The number of carbonyl (C=O) groups is 1. The highest BCUT2D eigenvalue weighted by molar-refractivity contribution is 5.77. The first-order chi connectivity index (χ1) is 7.02. The Balaban J connectivity index is 3.63. The normalized spacial score (nSPS) is 11.5. The van der Waals surface area contributed by atoms with E-state index in [4.69, 9.17) is 15.2 Å². The summed E-state index contributed by atoms with van der Waals surface area (Å²) in [6.45, 7) is 5.43. The first-order valence-corrected chi connectivity index (χ1v) is 5.09. The van der Waals surface area contributed by atoms with Crippen molar-refractivity contribution < 1.29 is 14.3 Å². The van der Waals surface area contributed by atoms with Crippen LogP contribution in [0.5, 0.6) is 0 Å². The third-order valence-corrected chi connectivity index (χ3v) is 1.91. The van der Waals surface area contributed by atoms with E-state index >= 15 is 0 Å². The lowest BCUT2D eigenvalue weighted by Crippen LogP contribution is -2.46. The summed E-state index contributed by atoms with van der Waals surface area (Å²) in [5.74, 6) is -0.121. The lowest BCUT2D eigenvalue weighted by Gasteiger charge is -2.25. The molecule has 0 unspecified atom stereocenters. The molecule has 0 fully saturated rings. The molecule has 0 atom stereocenters. The molecule has 5 heteroatoms. The van der Waals surface area contributed by atoms with E-state index in [9.17, 15) is 4.79 Å². The van der Waals surface area contributed by atoms with Crippen molar-refractivity contribution in [3.05, 3.63) is 0 Å².